The van der Waals surface area contributed by atoms with E-state index in [9.17, 15) is 0 Å². The van der Waals surface area contributed by atoms with Crippen molar-refractivity contribution in [3.05, 3.63) is 28.2 Å². The molecule has 2 atom stereocenters. The standard InChI is InChI=1S/C16H24BrNO2/c1-15(2)9-11(16(3,4)20-15)14(18)10-6-7-13(19-5)12(17)8-10/h6-8,11,14H,9,18H2,1-5H3. The monoisotopic (exact) mass is 341 g/mol. The van der Waals surface area contributed by atoms with Crippen LogP contribution >= 0.6 is 15.9 Å². The van der Waals surface area contributed by atoms with Crippen LogP contribution in [0.1, 0.15) is 45.7 Å². The number of hydrogen-bond acceptors (Lipinski definition) is 3. The van der Waals surface area contributed by atoms with Gasteiger partial charge in [-0.15, -0.1) is 0 Å². The van der Waals surface area contributed by atoms with Gasteiger partial charge in [0.2, 0.25) is 0 Å². The Labute approximate surface area is 130 Å². The third-order valence-corrected chi connectivity index (χ3v) is 4.76. The van der Waals surface area contributed by atoms with Crippen molar-refractivity contribution in [1.82, 2.24) is 0 Å². The van der Waals surface area contributed by atoms with Gasteiger partial charge in [0, 0.05) is 12.0 Å². The van der Waals surface area contributed by atoms with Gasteiger partial charge in [0.25, 0.3) is 0 Å². The number of rotatable bonds is 3. The Bertz CT molecular complexity index is 499. The first kappa shape index (κ1) is 15.8. The van der Waals surface area contributed by atoms with E-state index in [1.807, 2.05) is 18.2 Å². The van der Waals surface area contributed by atoms with Gasteiger partial charge in [0.15, 0.2) is 0 Å². The molecule has 2 N–H and O–H groups in total. The van der Waals surface area contributed by atoms with E-state index in [4.69, 9.17) is 15.2 Å². The molecule has 0 amide bonds. The van der Waals surface area contributed by atoms with E-state index in [0.717, 1.165) is 22.2 Å². The maximum Gasteiger partial charge on any atom is 0.133 e. The highest BCUT2D eigenvalue weighted by Gasteiger charge is 2.48. The molecular formula is C16H24BrNO2. The first-order valence-electron chi connectivity index (χ1n) is 6.95. The lowest BCUT2D eigenvalue weighted by molar-refractivity contribution is -0.0767. The van der Waals surface area contributed by atoms with Crippen molar-refractivity contribution in [2.75, 3.05) is 7.11 Å². The lowest BCUT2D eigenvalue weighted by Gasteiger charge is -2.31. The summed E-state index contributed by atoms with van der Waals surface area (Å²) in [6.07, 6.45) is 0.963. The van der Waals surface area contributed by atoms with Gasteiger partial charge in [0.1, 0.15) is 5.75 Å². The van der Waals surface area contributed by atoms with Gasteiger partial charge >= 0.3 is 0 Å². The van der Waals surface area contributed by atoms with Crippen molar-refractivity contribution in [2.45, 2.75) is 51.4 Å². The third kappa shape index (κ3) is 3.02. The molecule has 0 bridgehead atoms. The molecule has 0 radical (unpaired) electrons. The zero-order valence-corrected chi connectivity index (χ0v) is 14.5. The average Bonchev–Trinajstić information content (AvgIpc) is 2.56. The second-order valence-corrected chi connectivity index (χ2v) is 7.55. The second kappa shape index (κ2) is 5.32. The molecular weight excluding hydrogens is 318 g/mol. The minimum Gasteiger partial charge on any atom is -0.496 e. The van der Waals surface area contributed by atoms with Crippen LogP contribution in [0.5, 0.6) is 5.75 Å². The van der Waals surface area contributed by atoms with E-state index in [0.29, 0.717) is 0 Å². The topological polar surface area (TPSA) is 44.5 Å². The van der Waals surface area contributed by atoms with Gasteiger partial charge in [-0.05, 0) is 67.7 Å². The molecule has 1 aliphatic heterocycles. The van der Waals surface area contributed by atoms with Crippen LogP contribution in [-0.4, -0.2) is 18.3 Å². The van der Waals surface area contributed by atoms with Crippen LogP contribution in [-0.2, 0) is 4.74 Å². The molecule has 0 saturated carbocycles. The predicted molar refractivity (Wildman–Crippen MR) is 85.0 cm³/mol. The van der Waals surface area contributed by atoms with Crippen LogP contribution in [0.3, 0.4) is 0 Å². The van der Waals surface area contributed by atoms with Crippen LogP contribution in [0, 0.1) is 5.92 Å². The van der Waals surface area contributed by atoms with Gasteiger partial charge in [-0.3, -0.25) is 0 Å². The molecule has 3 nitrogen and oxygen atoms in total. The molecule has 0 aliphatic carbocycles. The SMILES string of the molecule is COc1ccc(C(N)C2CC(C)(C)OC2(C)C)cc1Br. The number of halogens is 1. The molecule has 1 aliphatic rings. The van der Waals surface area contributed by atoms with E-state index in [2.05, 4.69) is 43.6 Å². The summed E-state index contributed by atoms with van der Waals surface area (Å²) in [7, 11) is 1.66. The average molecular weight is 342 g/mol. The maximum atomic E-state index is 6.52. The third-order valence-electron chi connectivity index (χ3n) is 4.14. The fourth-order valence-electron chi connectivity index (χ4n) is 3.29. The van der Waals surface area contributed by atoms with Gasteiger partial charge in [-0.25, -0.2) is 0 Å². The van der Waals surface area contributed by atoms with E-state index < -0.39 is 0 Å². The Morgan fingerprint density at radius 1 is 1.35 bits per heavy atom. The van der Waals surface area contributed by atoms with E-state index >= 15 is 0 Å². The fourth-order valence-corrected chi connectivity index (χ4v) is 3.84. The van der Waals surface area contributed by atoms with Crippen molar-refractivity contribution in [3.8, 4) is 5.75 Å². The summed E-state index contributed by atoms with van der Waals surface area (Å²) >= 11 is 3.52. The lowest BCUT2D eigenvalue weighted by Crippen LogP contribution is -2.35. The zero-order chi connectivity index (χ0) is 15.1. The first-order chi connectivity index (χ1) is 9.16. The summed E-state index contributed by atoms with van der Waals surface area (Å²) in [5.74, 6) is 1.11. The fraction of sp³-hybridized carbons (Fsp3) is 0.625. The highest BCUT2D eigenvalue weighted by atomic mass is 79.9. The molecule has 2 unspecified atom stereocenters. The number of nitrogens with two attached hydrogens (primary N) is 1. The van der Waals surface area contributed by atoms with Crippen LogP contribution in [0.2, 0.25) is 0 Å². The van der Waals surface area contributed by atoms with Crippen LogP contribution < -0.4 is 10.5 Å². The van der Waals surface area contributed by atoms with E-state index in [1.54, 1.807) is 7.11 Å². The van der Waals surface area contributed by atoms with Gasteiger partial charge in [-0.1, -0.05) is 6.07 Å². The van der Waals surface area contributed by atoms with E-state index in [1.165, 1.54) is 0 Å². The van der Waals surface area contributed by atoms with Crippen molar-refractivity contribution in [3.63, 3.8) is 0 Å². The Kier molecular flexibility index (Phi) is 4.20. The lowest BCUT2D eigenvalue weighted by atomic mass is 9.79. The number of benzene rings is 1. The molecule has 1 saturated heterocycles. The molecule has 112 valence electrons. The van der Waals surface area contributed by atoms with Crippen LogP contribution in [0.15, 0.2) is 22.7 Å². The maximum absolute atomic E-state index is 6.52. The van der Waals surface area contributed by atoms with Crippen molar-refractivity contribution in [2.24, 2.45) is 11.7 Å². The van der Waals surface area contributed by atoms with E-state index in [-0.39, 0.29) is 23.2 Å². The summed E-state index contributed by atoms with van der Waals surface area (Å²) in [5.41, 5.74) is 7.30. The molecule has 1 heterocycles. The van der Waals surface area contributed by atoms with Crippen LogP contribution in [0.4, 0.5) is 0 Å². The summed E-state index contributed by atoms with van der Waals surface area (Å²) in [4.78, 5) is 0. The largest absolute Gasteiger partial charge is 0.496 e. The number of methoxy groups -OCH3 is 1. The molecule has 1 aromatic rings. The zero-order valence-electron chi connectivity index (χ0n) is 12.9. The van der Waals surface area contributed by atoms with Gasteiger partial charge < -0.3 is 15.2 Å². The number of ether oxygens (including phenoxy) is 2. The molecule has 0 aromatic heterocycles. The van der Waals surface area contributed by atoms with Crippen molar-refractivity contribution in [1.29, 1.82) is 0 Å². The van der Waals surface area contributed by atoms with Crippen molar-refractivity contribution >= 4 is 15.9 Å². The molecule has 1 fully saturated rings. The summed E-state index contributed by atoms with van der Waals surface area (Å²) in [6, 6.07) is 5.99. The highest BCUT2D eigenvalue weighted by molar-refractivity contribution is 9.10. The van der Waals surface area contributed by atoms with Gasteiger partial charge in [-0.2, -0.15) is 0 Å². The second-order valence-electron chi connectivity index (χ2n) is 6.70. The normalized spacial score (nSPS) is 25.4. The highest BCUT2D eigenvalue weighted by Crippen LogP contribution is 2.47. The molecule has 1 aromatic carbocycles. The molecule has 0 spiro atoms. The van der Waals surface area contributed by atoms with Gasteiger partial charge in [0.05, 0.1) is 22.8 Å². The summed E-state index contributed by atoms with van der Waals surface area (Å²) < 4.78 is 12.4. The van der Waals surface area contributed by atoms with Crippen molar-refractivity contribution < 1.29 is 9.47 Å². The Morgan fingerprint density at radius 2 is 2.00 bits per heavy atom. The van der Waals surface area contributed by atoms with Crippen LogP contribution in [0.25, 0.3) is 0 Å². The Hall–Kier alpha value is -0.580. The Morgan fingerprint density at radius 3 is 2.45 bits per heavy atom. The first-order valence-corrected chi connectivity index (χ1v) is 7.75. The molecule has 2 rings (SSSR count). The molecule has 4 heteroatoms. The summed E-state index contributed by atoms with van der Waals surface area (Å²) in [6.45, 7) is 8.52. The smallest absolute Gasteiger partial charge is 0.133 e. The quantitative estimate of drug-likeness (QED) is 0.901. The predicted octanol–water partition coefficient (Wildman–Crippen LogP) is 4.05. The minimum absolute atomic E-state index is 0.0472. The minimum atomic E-state index is -0.213. The summed E-state index contributed by atoms with van der Waals surface area (Å²) in [5, 5.41) is 0. The Balaban J connectivity index is 2.27. The molecule has 20 heavy (non-hydrogen) atoms. The number of hydrogen-bond donors (Lipinski definition) is 1.